The van der Waals surface area contributed by atoms with Crippen molar-refractivity contribution in [1.82, 2.24) is 20.1 Å². The lowest BCUT2D eigenvalue weighted by Gasteiger charge is -2.10. The minimum absolute atomic E-state index is 0.283. The van der Waals surface area contributed by atoms with Gasteiger partial charge in [0.05, 0.1) is 5.69 Å². The van der Waals surface area contributed by atoms with Crippen molar-refractivity contribution in [3.05, 3.63) is 40.6 Å². The summed E-state index contributed by atoms with van der Waals surface area (Å²) < 4.78 is 16.3. The molecule has 0 atom stereocenters. The van der Waals surface area contributed by atoms with Crippen molar-refractivity contribution in [2.45, 2.75) is 47.1 Å². The number of nitrogens with zero attached hydrogens (tertiary/aromatic N) is 3. The summed E-state index contributed by atoms with van der Waals surface area (Å²) in [7, 11) is 0. The Labute approximate surface area is 125 Å². The van der Waals surface area contributed by atoms with E-state index in [1.807, 2.05) is 13.8 Å². The van der Waals surface area contributed by atoms with Crippen LogP contribution in [0.15, 0.2) is 12.3 Å². The van der Waals surface area contributed by atoms with Crippen LogP contribution in [0.4, 0.5) is 4.39 Å². The van der Waals surface area contributed by atoms with Crippen LogP contribution >= 0.6 is 0 Å². The fraction of sp³-hybridized carbons (Fsp3) is 0.500. The van der Waals surface area contributed by atoms with E-state index >= 15 is 0 Å². The summed E-state index contributed by atoms with van der Waals surface area (Å²) in [6.45, 7) is 9.46. The minimum atomic E-state index is -0.297. The van der Waals surface area contributed by atoms with Crippen LogP contribution < -0.4 is 5.32 Å². The number of aromatic nitrogens is 3. The van der Waals surface area contributed by atoms with Crippen LogP contribution in [-0.4, -0.2) is 21.3 Å². The summed E-state index contributed by atoms with van der Waals surface area (Å²) in [5, 5.41) is 7.66. The van der Waals surface area contributed by atoms with Gasteiger partial charge in [0.2, 0.25) is 0 Å². The van der Waals surface area contributed by atoms with Crippen molar-refractivity contribution in [2.24, 2.45) is 0 Å². The lowest BCUT2D eigenvalue weighted by molar-refractivity contribution is 0.564. The van der Waals surface area contributed by atoms with E-state index in [9.17, 15) is 4.39 Å². The van der Waals surface area contributed by atoms with Crippen LogP contribution in [0.5, 0.6) is 0 Å². The Bertz CT molecular complexity index is 619. The summed E-state index contributed by atoms with van der Waals surface area (Å²) in [5.41, 5.74) is 3.68. The first-order valence-electron chi connectivity index (χ1n) is 7.49. The van der Waals surface area contributed by atoms with Gasteiger partial charge in [0.15, 0.2) is 11.6 Å². The molecule has 0 aliphatic rings. The normalized spacial score (nSPS) is 11.1. The number of nitrogens with one attached hydrogen (secondary N) is 1. The molecule has 0 saturated heterocycles. The minimum Gasteiger partial charge on any atom is -0.313 e. The number of halogens is 1. The van der Waals surface area contributed by atoms with Gasteiger partial charge in [-0.1, -0.05) is 13.8 Å². The number of hydrogen-bond donors (Lipinski definition) is 1. The van der Waals surface area contributed by atoms with Gasteiger partial charge in [-0.2, -0.15) is 5.10 Å². The zero-order valence-electron chi connectivity index (χ0n) is 13.2. The number of hydrogen-bond acceptors (Lipinski definition) is 3. The zero-order chi connectivity index (χ0) is 15.4. The number of aryl methyl sites for hydroxylation is 1. The molecule has 0 spiro atoms. The predicted molar refractivity (Wildman–Crippen MR) is 82.2 cm³/mol. The van der Waals surface area contributed by atoms with Crippen LogP contribution in [0.1, 0.15) is 42.8 Å². The van der Waals surface area contributed by atoms with Crippen LogP contribution in [0.2, 0.25) is 0 Å². The Morgan fingerprint density at radius 1 is 1.29 bits per heavy atom. The van der Waals surface area contributed by atoms with E-state index in [0.717, 1.165) is 36.3 Å². The van der Waals surface area contributed by atoms with E-state index in [2.05, 4.69) is 29.2 Å². The Kier molecular flexibility index (Phi) is 5.07. The van der Waals surface area contributed by atoms with Gasteiger partial charge in [-0.3, -0.25) is 0 Å². The SMILES string of the molecule is CCCNCc1ccnc(-n2nc(C)c(CC)c2C)c1F. The molecule has 0 bridgehead atoms. The topological polar surface area (TPSA) is 42.7 Å². The third-order valence-electron chi connectivity index (χ3n) is 3.69. The second kappa shape index (κ2) is 6.80. The molecule has 0 aromatic carbocycles. The van der Waals surface area contributed by atoms with Gasteiger partial charge < -0.3 is 5.32 Å². The lowest BCUT2D eigenvalue weighted by Crippen LogP contribution is -2.16. The lowest BCUT2D eigenvalue weighted by atomic mass is 10.1. The van der Waals surface area contributed by atoms with Crippen molar-refractivity contribution in [2.75, 3.05) is 6.54 Å². The van der Waals surface area contributed by atoms with Gasteiger partial charge in [0.1, 0.15) is 0 Å². The van der Waals surface area contributed by atoms with Crippen LogP contribution in [0.25, 0.3) is 5.82 Å². The second-order valence-corrected chi connectivity index (χ2v) is 5.20. The molecule has 4 nitrogen and oxygen atoms in total. The van der Waals surface area contributed by atoms with Crippen molar-refractivity contribution < 1.29 is 4.39 Å². The average Bonchev–Trinajstić information content (AvgIpc) is 2.75. The fourth-order valence-electron chi connectivity index (χ4n) is 2.55. The highest BCUT2D eigenvalue weighted by Crippen LogP contribution is 2.20. The molecule has 0 amide bonds. The summed E-state index contributed by atoms with van der Waals surface area (Å²) in [5.74, 6) is -0.0135. The second-order valence-electron chi connectivity index (χ2n) is 5.20. The van der Waals surface area contributed by atoms with E-state index in [1.54, 1.807) is 16.9 Å². The fourth-order valence-corrected chi connectivity index (χ4v) is 2.55. The molecule has 0 saturated carbocycles. The van der Waals surface area contributed by atoms with Gasteiger partial charge in [0.25, 0.3) is 0 Å². The summed E-state index contributed by atoms with van der Waals surface area (Å²) in [6, 6.07) is 1.72. The van der Waals surface area contributed by atoms with E-state index < -0.39 is 0 Å². The first-order chi connectivity index (χ1) is 10.1. The molecule has 114 valence electrons. The quantitative estimate of drug-likeness (QED) is 0.831. The highest BCUT2D eigenvalue weighted by molar-refractivity contribution is 5.35. The maximum atomic E-state index is 14.6. The third-order valence-corrected chi connectivity index (χ3v) is 3.69. The largest absolute Gasteiger partial charge is 0.313 e. The van der Waals surface area contributed by atoms with Gasteiger partial charge in [0, 0.05) is 24.0 Å². The average molecular weight is 290 g/mol. The first-order valence-corrected chi connectivity index (χ1v) is 7.49. The van der Waals surface area contributed by atoms with Gasteiger partial charge >= 0.3 is 0 Å². The van der Waals surface area contributed by atoms with Crippen molar-refractivity contribution in [3.63, 3.8) is 0 Å². The predicted octanol–water partition coefficient (Wildman–Crippen LogP) is 3.09. The van der Waals surface area contributed by atoms with Crippen molar-refractivity contribution in [1.29, 1.82) is 0 Å². The Balaban J connectivity index is 2.38. The summed E-state index contributed by atoms with van der Waals surface area (Å²) in [6.07, 6.45) is 3.55. The van der Waals surface area contributed by atoms with Crippen molar-refractivity contribution in [3.8, 4) is 5.82 Å². The number of pyridine rings is 1. The molecule has 5 heteroatoms. The molecule has 0 unspecified atom stereocenters. The van der Waals surface area contributed by atoms with Crippen molar-refractivity contribution >= 4 is 0 Å². The molecule has 2 rings (SSSR count). The molecule has 0 aliphatic carbocycles. The molecule has 0 aliphatic heterocycles. The van der Waals surface area contributed by atoms with E-state index in [-0.39, 0.29) is 11.6 Å². The molecular formula is C16H23FN4. The summed E-state index contributed by atoms with van der Waals surface area (Å²) >= 11 is 0. The van der Waals surface area contributed by atoms with Gasteiger partial charge in [-0.15, -0.1) is 0 Å². The van der Waals surface area contributed by atoms with Gasteiger partial charge in [-0.25, -0.2) is 14.1 Å². The van der Waals surface area contributed by atoms with Crippen LogP contribution in [0.3, 0.4) is 0 Å². The van der Waals surface area contributed by atoms with E-state index in [1.165, 1.54) is 0 Å². The molecule has 2 aromatic rings. The highest BCUT2D eigenvalue weighted by Gasteiger charge is 2.17. The zero-order valence-corrected chi connectivity index (χ0v) is 13.2. The third kappa shape index (κ3) is 3.13. The summed E-state index contributed by atoms with van der Waals surface area (Å²) in [4.78, 5) is 4.18. The Hall–Kier alpha value is -1.75. The first kappa shape index (κ1) is 15.6. The van der Waals surface area contributed by atoms with Crippen LogP contribution in [-0.2, 0) is 13.0 Å². The highest BCUT2D eigenvalue weighted by atomic mass is 19.1. The number of rotatable bonds is 6. The van der Waals surface area contributed by atoms with E-state index in [4.69, 9.17) is 0 Å². The van der Waals surface area contributed by atoms with Crippen LogP contribution in [0, 0.1) is 19.7 Å². The molecule has 21 heavy (non-hydrogen) atoms. The molecule has 0 radical (unpaired) electrons. The maximum absolute atomic E-state index is 14.6. The van der Waals surface area contributed by atoms with E-state index in [0.29, 0.717) is 12.1 Å². The Morgan fingerprint density at radius 3 is 2.67 bits per heavy atom. The molecule has 2 heterocycles. The smallest absolute Gasteiger partial charge is 0.190 e. The molecule has 2 aromatic heterocycles. The molecular weight excluding hydrogens is 267 g/mol. The maximum Gasteiger partial charge on any atom is 0.190 e. The Morgan fingerprint density at radius 2 is 2.05 bits per heavy atom. The molecule has 0 fully saturated rings. The standard InChI is InChI=1S/C16H23FN4/c1-5-8-18-10-13-7-9-19-16(15(13)17)21-12(4)14(6-2)11(3)20-21/h7,9,18H,5-6,8,10H2,1-4H3. The van der Waals surface area contributed by atoms with Gasteiger partial charge in [-0.05, 0) is 44.9 Å². The monoisotopic (exact) mass is 290 g/mol. The molecule has 1 N–H and O–H groups in total.